The molecule has 1 aliphatic carbocycles. The molecular weight excluding hydrogens is 464 g/mol. The fraction of sp³-hybridized carbons (Fsp3) is 0.292. The maximum absolute atomic E-state index is 12.4. The highest BCUT2D eigenvalue weighted by Gasteiger charge is 2.30. The first-order valence-electron chi connectivity index (χ1n) is 11.2. The van der Waals surface area contributed by atoms with Gasteiger partial charge >= 0.3 is 0 Å². The van der Waals surface area contributed by atoms with Gasteiger partial charge in [0.15, 0.2) is 23.0 Å². The molecule has 0 aliphatic heterocycles. The van der Waals surface area contributed by atoms with Crippen LogP contribution in [-0.2, 0) is 4.79 Å². The standard InChI is InChI=1S/C24H26N8O4/c1-25-23(34)20-18(12-19(30-31-20)27-22(33)13-8-9-13)26-16-7-5-6-14(21(16)36-4)15-10-11-17(29-28-15)24(35)32(2)3/h5-7,10-13H,8-9H2,1-4H3,(H,25,34)(H2,26,27,30,33). The molecule has 2 heterocycles. The molecule has 0 unspecified atom stereocenters. The summed E-state index contributed by atoms with van der Waals surface area (Å²) in [5.74, 6) is -0.192. The Morgan fingerprint density at radius 3 is 2.39 bits per heavy atom. The van der Waals surface area contributed by atoms with Gasteiger partial charge in [0.05, 0.1) is 24.2 Å². The van der Waals surface area contributed by atoms with Crippen molar-refractivity contribution in [3.63, 3.8) is 0 Å². The highest BCUT2D eigenvalue weighted by atomic mass is 16.5. The molecule has 2 aromatic heterocycles. The van der Waals surface area contributed by atoms with Gasteiger partial charge in [0.2, 0.25) is 5.91 Å². The minimum atomic E-state index is -0.452. The summed E-state index contributed by atoms with van der Waals surface area (Å²) < 4.78 is 5.67. The van der Waals surface area contributed by atoms with Gasteiger partial charge < -0.3 is 25.6 Å². The third kappa shape index (κ3) is 5.22. The van der Waals surface area contributed by atoms with Gasteiger partial charge in [-0.05, 0) is 37.1 Å². The van der Waals surface area contributed by atoms with Gasteiger partial charge in [-0.2, -0.15) is 0 Å². The first-order valence-corrected chi connectivity index (χ1v) is 11.2. The number of hydrogen-bond donors (Lipinski definition) is 3. The van der Waals surface area contributed by atoms with E-state index in [1.54, 1.807) is 50.5 Å². The molecule has 0 radical (unpaired) electrons. The van der Waals surface area contributed by atoms with E-state index in [9.17, 15) is 14.4 Å². The Bertz CT molecular complexity index is 1310. The first-order chi connectivity index (χ1) is 17.3. The number of amides is 3. The number of anilines is 3. The number of hydrogen-bond acceptors (Lipinski definition) is 9. The number of para-hydroxylation sites is 1. The van der Waals surface area contributed by atoms with Crippen molar-refractivity contribution < 1.29 is 19.1 Å². The summed E-state index contributed by atoms with van der Waals surface area (Å²) in [5.41, 5.74) is 2.20. The average molecular weight is 491 g/mol. The summed E-state index contributed by atoms with van der Waals surface area (Å²) in [5, 5.41) is 24.7. The van der Waals surface area contributed by atoms with Gasteiger partial charge in [0, 0.05) is 38.7 Å². The Balaban J connectivity index is 1.68. The molecule has 12 heteroatoms. The highest BCUT2D eigenvalue weighted by molar-refractivity contribution is 6.00. The van der Waals surface area contributed by atoms with Crippen molar-refractivity contribution in [2.45, 2.75) is 12.8 Å². The molecule has 0 atom stereocenters. The van der Waals surface area contributed by atoms with Crippen molar-refractivity contribution in [2.24, 2.45) is 5.92 Å². The van der Waals surface area contributed by atoms with Crippen LogP contribution >= 0.6 is 0 Å². The van der Waals surface area contributed by atoms with E-state index in [1.807, 2.05) is 0 Å². The molecule has 1 saturated carbocycles. The smallest absolute Gasteiger partial charge is 0.273 e. The van der Waals surface area contributed by atoms with Crippen molar-refractivity contribution in [3.05, 3.63) is 47.8 Å². The average Bonchev–Trinajstić information content (AvgIpc) is 3.74. The van der Waals surface area contributed by atoms with Crippen LogP contribution in [0, 0.1) is 5.92 Å². The van der Waals surface area contributed by atoms with E-state index in [-0.39, 0.29) is 34.9 Å². The van der Waals surface area contributed by atoms with E-state index in [1.165, 1.54) is 19.1 Å². The third-order valence-corrected chi connectivity index (χ3v) is 5.49. The van der Waals surface area contributed by atoms with Crippen molar-refractivity contribution in [3.8, 4) is 17.0 Å². The minimum absolute atomic E-state index is 0.0147. The van der Waals surface area contributed by atoms with Crippen molar-refractivity contribution in [1.82, 2.24) is 30.6 Å². The molecule has 0 spiro atoms. The van der Waals surface area contributed by atoms with E-state index in [0.29, 0.717) is 28.4 Å². The monoisotopic (exact) mass is 490 g/mol. The Kier molecular flexibility index (Phi) is 7.04. The number of nitrogens with zero attached hydrogens (tertiary/aromatic N) is 5. The molecular formula is C24H26N8O4. The summed E-state index contributed by atoms with van der Waals surface area (Å²) >= 11 is 0. The number of aromatic nitrogens is 4. The van der Waals surface area contributed by atoms with E-state index < -0.39 is 5.91 Å². The Hall–Kier alpha value is -4.61. The van der Waals surface area contributed by atoms with E-state index in [4.69, 9.17) is 4.74 Å². The van der Waals surface area contributed by atoms with Gasteiger partial charge in [-0.25, -0.2) is 0 Å². The van der Waals surface area contributed by atoms with Crippen molar-refractivity contribution >= 4 is 34.9 Å². The third-order valence-electron chi connectivity index (χ3n) is 5.49. The lowest BCUT2D eigenvalue weighted by Gasteiger charge is -2.17. The van der Waals surface area contributed by atoms with E-state index in [2.05, 4.69) is 36.3 Å². The second kappa shape index (κ2) is 10.3. The molecule has 1 fully saturated rings. The van der Waals surface area contributed by atoms with Crippen LogP contribution in [-0.4, -0.2) is 71.3 Å². The number of carbonyl (C=O) groups excluding carboxylic acids is 3. The van der Waals surface area contributed by atoms with Crippen LogP contribution in [0.4, 0.5) is 17.2 Å². The summed E-state index contributed by atoms with van der Waals surface area (Å²) in [6.07, 6.45) is 1.69. The maximum atomic E-state index is 12.4. The largest absolute Gasteiger partial charge is 0.494 e. The van der Waals surface area contributed by atoms with E-state index >= 15 is 0 Å². The minimum Gasteiger partial charge on any atom is -0.494 e. The second-order valence-corrected chi connectivity index (χ2v) is 8.35. The van der Waals surface area contributed by atoms with Crippen LogP contribution in [0.5, 0.6) is 5.75 Å². The molecule has 3 amide bonds. The summed E-state index contributed by atoms with van der Waals surface area (Å²) in [4.78, 5) is 38.2. The maximum Gasteiger partial charge on any atom is 0.273 e. The quantitative estimate of drug-likeness (QED) is 0.431. The molecule has 4 rings (SSSR count). The zero-order valence-electron chi connectivity index (χ0n) is 20.3. The predicted octanol–water partition coefficient (Wildman–Crippen LogP) is 2.10. The SMILES string of the molecule is CNC(=O)c1nnc(NC(=O)C2CC2)cc1Nc1cccc(-c2ccc(C(=O)N(C)C)nn2)c1OC. The summed E-state index contributed by atoms with van der Waals surface area (Å²) in [6.45, 7) is 0. The zero-order valence-corrected chi connectivity index (χ0v) is 20.3. The molecule has 3 aromatic rings. The molecule has 186 valence electrons. The fourth-order valence-corrected chi connectivity index (χ4v) is 3.43. The molecule has 1 aromatic carbocycles. The van der Waals surface area contributed by atoms with Gasteiger partial charge in [0.25, 0.3) is 11.8 Å². The number of nitrogens with one attached hydrogen (secondary N) is 3. The molecule has 12 nitrogen and oxygen atoms in total. The van der Waals surface area contributed by atoms with Crippen molar-refractivity contribution in [2.75, 3.05) is 38.9 Å². The normalized spacial score (nSPS) is 12.4. The second-order valence-electron chi connectivity index (χ2n) is 8.35. The Morgan fingerprint density at radius 2 is 1.78 bits per heavy atom. The lowest BCUT2D eigenvalue weighted by Crippen LogP contribution is -2.23. The van der Waals surface area contributed by atoms with Crippen LogP contribution in [0.25, 0.3) is 11.3 Å². The number of ether oxygens (including phenoxy) is 1. The van der Waals surface area contributed by atoms with Crippen LogP contribution in [0.3, 0.4) is 0 Å². The van der Waals surface area contributed by atoms with Crippen LogP contribution < -0.4 is 20.7 Å². The van der Waals surface area contributed by atoms with Gasteiger partial charge in [-0.3, -0.25) is 14.4 Å². The molecule has 36 heavy (non-hydrogen) atoms. The topological polar surface area (TPSA) is 151 Å². The molecule has 0 bridgehead atoms. The lowest BCUT2D eigenvalue weighted by atomic mass is 10.1. The molecule has 0 saturated heterocycles. The number of methoxy groups -OCH3 is 1. The summed E-state index contributed by atoms with van der Waals surface area (Å²) in [6, 6.07) is 10.2. The number of benzene rings is 1. The predicted molar refractivity (Wildman–Crippen MR) is 132 cm³/mol. The first kappa shape index (κ1) is 24.5. The van der Waals surface area contributed by atoms with Gasteiger partial charge in [-0.15, -0.1) is 20.4 Å². The van der Waals surface area contributed by atoms with Gasteiger partial charge in [0.1, 0.15) is 0 Å². The number of rotatable bonds is 8. The van der Waals surface area contributed by atoms with Crippen molar-refractivity contribution in [1.29, 1.82) is 0 Å². The van der Waals surface area contributed by atoms with Crippen LogP contribution in [0.1, 0.15) is 33.8 Å². The summed E-state index contributed by atoms with van der Waals surface area (Å²) in [7, 11) is 6.27. The number of carbonyl (C=O) groups is 3. The molecule has 3 N–H and O–H groups in total. The zero-order chi connectivity index (χ0) is 25.8. The Morgan fingerprint density at radius 1 is 1.00 bits per heavy atom. The Labute approximate surface area is 207 Å². The fourth-order valence-electron chi connectivity index (χ4n) is 3.43. The van der Waals surface area contributed by atoms with Gasteiger partial charge in [-0.1, -0.05) is 6.07 Å². The van der Waals surface area contributed by atoms with Crippen LogP contribution in [0.2, 0.25) is 0 Å². The van der Waals surface area contributed by atoms with Crippen LogP contribution in [0.15, 0.2) is 36.4 Å². The highest BCUT2D eigenvalue weighted by Crippen LogP contribution is 2.37. The van der Waals surface area contributed by atoms with E-state index in [0.717, 1.165) is 12.8 Å². The molecule has 1 aliphatic rings. The lowest BCUT2D eigenvalue weighted by molar-refractivity contribution is -0.117.